The Kier molecular flexibility index (Phi) is 6.74. The lowest BCUT2D eigenvalue weighted by molar-refractivity contribution is 0.290. The molecule has 1 saturated heterocycles. The molecule has 0 spiro atoms. The van der Waals surface area contributed by atoms with Crippen molar-refractivity contribution in [2.45, 2.75) is 6.17 Å². The maximum absolute atomic E-state index is 4.50. The molecule has 1 aliphatic rings. The molecule has 128 valence electrons. The maximum atomic E-state index is 4.50. The molecular weight excluding hydrogens is 306 g/mol. The second-order valence-electron chi connectivity index (χ2n) is 6.03. The van der Waals surface area contributed by atoms with Gasteiger partial charge in [0.2, 0.25) is 0 Å². The molecule has 1 aliphatic heterocycles. The third-order valence-electron chi connectivity index (χ3n) is 4.21. The predicted octanol–water partition coefficient (Wildman–Crippen LogP) is 3.72. The van der Waals surface area contributed by atoms with Crippen LogP contribution in [0.3, 0.4) is 0 Å². The van der Waals surface area contributed by atoms with Gasteiger partial charge in [-0.25, -0.2) is 0 Å². The Morgan fingerprint density at radius 2 is 1.64 bits per heavy atom. The Morgan fingerprint density at radius 1 is 0.960 bits per heavy atom. The number of allylic oxidation sites excluding steroid dienone is 1. The fourth-order valence-electron chi connectivity index (χ4n) is 2.87. The Balaban J connectivity index is 1.43. The Hall–Kier alpha value is -2.49. The largest absolute Gasteiger partial charge is 0.297 e. The van der Waals surface area contributed by atoms with Crippen LogP contribution in [0.4, 0.5) is 0 Å². The number of hydrogen-bond acceptors (Lipinski definition) is 3. The van der Waals surface area contributed by atoms with Gasteiger partial charge in [-0.3, -0.25) is 15.2 Å². The summed E-state index contributed by atoms with van der Waals surface area (Å²) < 4.78 is 0. The first-order chi connectivity index (χ1) is 12.4. The molecule has 0 aliphatic carbocycles. The summed E-state index contributed by atoms with van der Waals surface area (Å²) in [5.41, 5.74) is 2.43. The minimum absolute atomic E-state index is 0.301. The number of nitrogens with one attached hydrogen (secondary N) is 1. The molecule has 0 aromatic heterocycles. The highest BCUT2D eigenvalue weighted by Gasteiger charge is 2.20. The molecule has 3 rings (SSSR count). The van der Waals surface area contributed by atoms with Crippen LogP contribution in [0, 0.1) is 0 Å². The summed E-state index contributed by atoms with van der Waals surface area (Å²) in [6, 6.07) is 20.7. The van der Waals surface area contributed by atoms with Crippen LogP contribution in [-0.4, -0.2) is 43.5 Å². The standard InChI is InChI=1S/C22H25N3/c1-3-8-20(9-4-1)12-7-15-23-16-18-25-19-17-24-22(25)14-13-21-10-5-2-6-11-21/h1-15,22,24H,16-19H2. The lowest BCUT2D eigenvalue weighted by atomic mass is 10.2. The van der Waals surface area contributed by atoms with Crippen LogP contribution >= 0.6 is 0 Å². The molecule has 1 unspecified atom stereocenters. The fourth-order valence-corrected chi connectivity index (χ4v) is 2.87. The van der Waals surface area contributed by atoms with Gasteiger partial charge in [0.05, 0.1) is 12.7 Å². The highest BCUT2D eigenvalue weighted by atomic mass is 15.3. The van der Waals surface area contributed by atoms with Gasteiger partial charge in [0.15, 0.2) is 0 Å². The van der Waals surface area contributed by atoms with E-state index in [1.54, 1.807) is 0 Å². The van der Waals surface area contributed by atoms with E-state index in [1.165, 1.54) is 11.1 Å². The summed E-state index contributed by atoms with van der Waals surface area (Å²) >= 11 is 0. The van der Waals surface area contributed by atoms with E-state index >= 15 is 0 Å². The van der Waals surface area contributed by atoms with Crippen LogP contribution < -0.4 is 5.32 Å². The van der Waals surface area contributed by atoms with E-state index in [0.29, 0.717) is 6.17 Å². The van der Waals surface area contributed by atoms with Gasteiger partial charge in [-0.15, -0.1) is 0 Å². The van der Waals surface area contributed by atoms with E-state index in [-0.39, 0.29) is 0 Å². The van der Waals surface area contributed by atoms with Crippen LogP contribution in [0.1, 0.15) is 11.1 Å². The summed E-state index contributed by atoms with van der Waals surface area (Å²) in [5, 5.41) is 3.52. The van der Waals surface area contributed by atoms with Crippen molar-refractivity contribution in [2.75, 3.05) is 26.2 Å². The van der Waals surface area contributed by atoms with Crippen molar-refractivity contribution in [2.24, 2.45) is 4.99 Å². The number of nitrogens with zero attached hydrogens (tertiary/aromatic N) is 2. The summed E-state index contributed by atoms with van der Waals surface area (Å²) in [7, 11) is 0. The zero-order chi connectivity index (χ0) is 17.2. The maximum Gasteiger partial charge on any atom is 0.0794 e. The van der Waals surface area contributed by atoms with E-state index < -0.39 is 0 Å². The first-order valence-electron chi connectivity index (χ1n) is 8.84. The summed E-state index contributed by atoms with van der Waals surface area (Å²) in [6.07, 6.45) is 10.7. The van der Waals surface area contributed by atoms with Crippen molar-refractivity contribution in [1.82, 2.24) is 10.2 Å². The van der Waals surface area contributed by atoms with Crippen LogP contribution in [0.2, 0.25) is 0 Å². The molecule has 0 radical (unpaired) electrons. The summed E-state index contributed by atoms with van der Waals surface area (Å²) in [4.78, 5) is 6.93. The molecule has 2 aromatic rings. The molecule has 0 saturated carbocycles. The molecule has 25 heavy (non-hydrogen) atoms. The number of rotatable bonds is 7. The molecule has 0 bridgehead atoms. The van der Waals surface area contributed by atoms with E-state index in [2.05, 4.69) is 69.8 Å². The SMILES string of the molecule is C(=Cc1ccccc1)C=NCCN1CCNC1C=Cc1ccccc1. The minimum Gasteiger partial charge on any atom is -0.297 e. The van der Waals surface area contributed by atoms with Gasteiger partial charge in [-0.05, 0) is 17.2 Å². The normalized spacial score (nSPS) is 18.8. The average molecular weight is 331 g/mol. The Labute approximate surface area is 150 Å². The van der Waals surface area contributed by atoms with Crippen molar-refractivity contribution in [1.29, 1.82) is 0 Å². The molecule has 0 amide bonds. The first-order valence-corrected chi connectivity index (χ1v) is 8.84. The zero-order valence-electron chi connectivity index (χ0n) is 14.5. The van der Waals surface area contributed by atoms with Gasteiger partial charge in [-0.2, -0.15) is 0 Å². The minimum atomic E-state index is 0.301. The summed E-state index contributed by atoms with van der Waals surface area (Å²) in [5.74, 6) is 0. The van der Waals surface area contributed by atoms with E-state index in [4.69, 9.17) is 0 Å². The monoisotopic (exact) mass is 331 g/mol. The zero-order valence-corrected chi connectivity index (χ0v) is 14.5. The van der Waals surface area contributed by atoms with E-state index in [1.807, 2.05) is 36.6 Å². The second kappa shape index (κ2) is 9.72. The highest BCUT2D eigenvalue weighted by molar-refractivity contribution is 5.78. The van der Waals surface area contributed by atoms with Crippen molar-refractivity contribution < 1.29 is 0 Å². The van der Waals surface area contributed by atoms with E-state index in [0.717, 1.165) is 26.2 Å². The van der Waals surface area contributed by atoms with Gasteiger partial charge in [0.25, 0.3) is 0 Å². The Morgan fingerprint density at radius 3 is 2.36 bits per heavy atom. The molecule has 1 heterocycles. The molecule has 1 fully saturated rings. The van der Waals surface area contributed by atoms with Gasteiger partial charge >= 0.3 is 0 Å². The molecule has 1 atom stereocenters. The van der Waals surface area contributed by atoms with Crippen LogP contribution in [0.5, 0.6) is 0 Å². The number of hydrogen-bond donors (Lipinski definition) is 1. The second-order valence-corrected chi connectivity index (χ2v) is 6.03. The smallest absolute Gasteiger partial charge is 0.0794 e. The summed E-state index contributed by atoms with van der Waals surface area (Å²) in [6.45, 7) is 3.88. The average Bonchev–Trinajstić information content (AvgIpc) is 3.12. The van der Waals surface area contributed by atoms with Gasteiger partial charge in [0.1, 0.15) is 0 Å². The molecule has 3 nitrogen and oxygen atoms in total. The van der Waals surface area contributed by atoms with Gasteiger partial charge < -0.3 is 0 Å². The van der Waals surface area contributed by atoms with Crippen molar-refractivity contribution in [3.63, 3.8) is 0 Å². The highest BCUT2D eigenvalue weighted by Crippen LogP contribution is 2.08. The Bertz CT molecular complexity index is 705. The number of aliphatic imine (C=N–C) groups is 1. The molecule has 3 heteroatoms. The van der Waals surface area contributed by atoms with Crippen LogP contribution in [0.15, 0.2) is 77.8 Å². The van der Waals surface area contributed by atoms with Crippen molar-refractivity contribution in [3.05, 3.63) is 83.9 Å². The lowest BCUT2D eigenvalue weighted by Crippen LogP contribution is -2.35. The lowest BCUT2D eigenvalue weighted by Gasteiger charge is -2.20. The van der Waals surface area contributed by atoms with Gasteiger partial charge in [0, 0.05) is 25.8 Å². The quantitative estimate of drug-likeness (QED) is 0.783. The molecular formula is C22H25N3. The first kappa shape index (κ1) is 17.3. The predicted molar refractivity (Wildman–Crippen MR) is 108 cm³/mol. The van der Waals surface area contributed by atoms with Crippen LogP contribution in [-0.2, 0) is 0 Å². The topological polar surface area (TPSA) is 27.6 Å². The van der Waals surface area contributed by atoms with E-state index in [9.17, 15) is 0 Å². The fraction of sp³-hybridized carbons (Fsp3) is 0.227. The third-order valence-corrected chi connectivity index (χ3v) is 4.21. The third kappa shape index (κ3) is 5.82. The molecule has 1 N–H and O–H groups in total. The molecule has 2 aromatic carbocycles. The van der Waals surface area contributed by atoms with Crippen molar-refractivity contribution >= 4 is 18.4 Å². The number of benzene rings is 2. The van der Waals surface area contributed by atoms with Crippen molar-refractivity contribution in [3.8, 4) is 0 Å². The van der Waals surface area contributed by atoms with Crippen LogP contribution in [0.25, 0.3) is 12.2 Å². The van der Waals surface area contributed by atoms with Gasteiger partial charge in [-0.1, -0.05) is 78.9 Å².